The number of rotatable bonds is 6. The average Bonchev–Trinajstić information content (AvgIpc) is 3.01. The Morgan fingerprint density at radius 2 is 1.93 bits per heavy atom. The predicted octanol–water partition coefficient (Wildman–Crippen LogP) is 0.630. The van der Waals surface area contributed by atoms with Crippen LogP contribution in [-0.2, 0) is 19.1 Å². The highest BCUT2D eigenvalue weighted by molar-refractivity contribution is 8.01. The Kier molecular flexibility index (Phi) is 5.50. The van der Waals surface area contributed by atoms with E-state index in [0.717, 1.165) is 25.7 Å². The van der Waals surface area contributed by atoms with E-state index in [1.165, 1.54) is 16.7 Å². The Hall–Kier alpha value is -1.81. The van der Waals surface area contributed by atoms with Gasteiger partial charge in [-0.25, -0.2) is 4.79 Å². The second-order valence-electron chi connectivity index (χ2n) is 9.46. The van der Waals surface area contributed by atoms with E-state index in [0.29, 0.717) is 0 Å². The summed E-state index contributed by atoms with van der Waals surface area (Å²) in [5.41, 5.74) is 0. The van der Waals surface area contributed by atoms with Crippen LogP contribution in [-0.4, -0.2) is 105 Å². The molecule has 9 nitrogen and oxygen atoms in total. The smallest absolute Gasteiger partial charge is 0.327 e. The van der Waals surface area contributed by atoms with Gasteiger partial charge in [0.15, 0.2) is 6.04 Å². The van der Waals surface area contributed by atoms with Crippen molar-refractivity contribution in [2.75, 3.05) is 20.6 Å². The number of esters is 1. The van der Waals surface area contributed by atoms with Gasteiger partial charge in [-0.1, -0.05) is 0 Å². The molecule has 0 saturated carbocycles. The Bertz CT molecular complexity index is 758. The van der Waals surface area contributed by atoms with E-state index < -0.39 is 22.8 Å². The molecule has 4 fully saturated rings. The third kappa shape index (κ3) is 3.68. The van der Waals surface area contributed by atoms with Crippen LogP contribution in [0.5, 0.6) is 0 Å². The van der Waals surface area contributed by atoms with Crippen molar-refractivity contribution in [2.45, 2.75) is 79.9 Å². The van der Waals surface area contributed by atoms with Gasteiger partial charge in [-0.15, -0.1) is 11.8 Å². The Labute approximate surface area is 180 Å². The first kappa shape index (κ1) is 21.4. The van der Waals surface area contributed by atoms with Crippen molar-refractivity contribution in [3.8, 4) is 0 Å². The van der Waals surface area contributed by atoms with Gasteiger partial charge in [0.05, 0.1) is 12.9 Å². The second-order valence-corrected chi connectivity index (χ2v) is 11.2. The quantitative estimate of drug-likeness (QED) is 0.279. The maximum atomic E-state index is 12.6. The molecular formula is C20H30N4O5S. The zero-order valence-electron chi connectivity index (χ0n) is 17.9. The van der Waals surface area contributed by atoms with Crippen LogP contribution in [0.3, 0.4) is 0 Å². The van der Waals surface area contributed by atoms with Crippen LogP contribution >= 0.6 is 11.8 Å². The van der Waals surface area contributed by atoms with Gasteiger partial charge in [0.2, 0.25) is 0 Å². The lowest BCUT2D eigenvalue weighted by Gasteiger charge is -2.42. The molecule has 4 heterocycles. The number of carbonyl (C=O) groups excluding carboxylic acids is 2. The van der Waals surface area contributed by atoms with Gasteiger partial charge >= 0.3 is 11.9 Å². The fourth-order valence-electron chi connectivity index (χ4n) is 5.21. The first-order valence-corrected chi connectivity index (χ1v) is 11.3. The largest absolute Gasteiger partial charge is 0.480 e. The van der Waals surface area contributed by atoms with Crippen molar-refractivity contribution in [3.05, 3.63) is 0 Å². The normalized spacial score (nSPS) is 36.9. The molecular weight excluding hydrogens is 408 g/mol. The fraction of sp³-hybridized carbons (Fsp3) is 0.800. The van der Waals surface area contributed by atoms with Crippen molar-refractivity contribution >= 4 is 35.9 Å². The van der Waals surface area contributed by atoms with Crippen molar-refractivity contribution < 1.29 is 24.2 Å². The summed E-state index contributed by atoms with van der Waals surface area (Å²) in [6, 6.07) is -0.811. The third-order valence-electron chi connectivity index (χ3n) is 6.50. The van der Waals surface area contributed by atoms with Crippen LogP contribution in [0.4, 0.5) is 0 Å². The molecule has 1 N–H and O–H groups in total. The number of thioether (sulfide) groups is 1. The summed E-state index contributed by atoms with van der Waals surface area (Å²) in [7, 11) is 3.69. The zero-order valence-corrected chi connectivity index (χ0v) is 18.7. The van der Waals surface area contributed by atoms with Gasteiger partial charge < -0.3 is 19.6 Å². The number of β-lactam (4-membered cyclic amide) rings is 1. The topological polar surface area (TPSA) is 103 Å². The number of aliphatic imine (C=N–C) groups is 1. The van der Waals surface area contributed by atoms with E-state index in [1.807, 2.05) is 27.9 Å². The van der Waals surface area contributed by atoms with Crippen LogP contribution in [0.2, 0.25) is 0 Å². The first-order valence-electron chi connectivity index (χ1n) is 10.5. The fourth-order valence-corrected chi connectivity index (χ4v) is 6.83. The number of hydrogen-bond acceptors (Lipinski definition) is 7. The minimum Gasteiger partial charge on any atom is -0.480 e. The van der Waals surface area contributed by atoms with Crippen LogP contribution in [0.1, 0.15) is 39.5 Å². The van der Waals surface area contributed by atoms with Crippen molar-refractivity contribution in [2.24, 2.45) is 4.99 Å². The summed E-state index contributed by atoms with van der Waals surface area (Å²) in [6.45, 7) is 4.01. The van der Waals surface area contributed by atoms with E-state index >= 15 is 0 Å². The Morgan fingerprint density at radius 1 is 1.30 bits per heavy atom. The van der Waals surface area contributed by atoms with Crippen molar-refractivity contribution in [3.63, 3.8) is 0 Å². The lowest BCUT2D eigenvalue weighted by molar-refractivity contribution is -0.158. The van der Waals surface area contributed by atoms with Gasteiger partial charge in [0.25, 0.3) is 5.91 Å². The molecule has 0 aromatic carbocycles. The molecule has 2 unspecified atom stereocenters. The average molecular weight is 439 g/mol. The minimum atomic E-state index is -0.963. The van der Waals surface area contributed by atoms with Gasteiger partial charge in [-0.2, -0.15) is 0 Å². The van der Waals surface area contributed by atoms with E-state index in [-0.39, 0.29) is 42.0 Å². The second kappa shape index (κ2) is 7.71. The SMILES string of the molecule is CN(C)CC(=O)OC1CC2CCC(C1)N2C=N[C@@H]1C(=O)N2[C@@H]1SC(C)(C)[C@@H]2C(=O)O. The number of nitrogens with zero attached hydrogens (tertiary/aromatic N) is 4. The van der Waals surface area contributed by atoms with E-state index in [4.69, 9.17) is 4.74 Å². The molecule has 2 bridgehead atoms. The lowest BCUT2D eigenvalue weighted by Crippen LogP contribution is -2.65. The highest BCUT2D eigenvalue weighted by Crippen LogP contribution is 2.51. The van der Waals surface area contributed by atoms with Crippen molar-refractivity contribution in [1.82, 2.24) is 14.7 Å². The van der Waals surface area contributed by atoms with E-state index in [9.17, 15) is 19.5 Å². The van der Waals surface area contributed by atoms with Crippen LogP contribution in [0, 0.1) is 0 Å². The van der Waals surface area contributed by atoms with Crippen LogP contribution in [0.15, 0.2) is 4.99 Å². The molecule has 0 aromatic heterocycles. The monoisotopic (exact) mass is 438 g/mol. The molecule has 30 heavy (non-hydrogen) atoms. The molecule has 1 amide bonds. The molecule has 0 spiro atoms. The van der Waals surface area contributed by atoms with Crippen molar-refractivity contribution in [1.29, 1.82) is 0 Å². The maximum Gasteiger partial charge on any atom is 0.327 e. The Balaban J connectivity index is 1.37. The number of carboxylic acids is 1. The molecule has 4 saturated heterocycles. The number of fused-ring (bicyclic) bond motifs is 3. The molecule has 0 radical (unpaired) electrons. The molecule has 4 aliphatic rings. The predicted molar refractivity (Wildman–Crippen MR) is 112 cm³/mol. The summed E-state index contributed by atoms with van der Waals surface area (Å²) in [5, 5.41) is 9.31. The number of carbonyl (C=O) groups is 3. The lowest BCUT2D eigenvalue weighted by atomic mass is 9.96. The minimum absolute atomic E-state index is 0.0667. The number of ether oxygens (including phenoxy) is 1. The van der Waals surface area contributed by atoms with Gasteiger partial charge in [0.1, 0.15) is 17.5 Å². The van der Waals surface area contributed by atoms with Crippen LogP contribution < -0.4 is 0 Å². The number of amides is 1. The number of piperidine rings is 1. The first-order chi connectivity index (χ1) is 14.1. The van der Waals surface area contributed by atoms with Gasteiger partial charge in [-0.05, 0) is 40.8 Å². The molecule has 0 aromatic rings. The Morgan fingerprint density at radius 3 is 2.50 bits per heavy atom. The molecule has 166 valence electrons. The van der Waals surface area contributed by atoms with E-state index in [1.54, 1.807) is 11.2 Å². The summed E-state index contributed by atoms with van der Waals surface area (Å²) in [5.74, 6) is -1.36. The maximum absolute atomic E-state index is 12.6. The van der Waals surface area contributed by atoms with Gasteiger partial charge in [0, 0.05) is 29.7 Å². The number of likely N-dealkylation sites (N-methyl/N-ethyl adjacent to an activating group) is 1. The molecule has 4 rings (SSSR count). The molecule has 10 heteroatoms. The molecule has 0 aliphatic carbocycles. The summed E-state index contributed by atoms with van der Waals surface area (Å²) in [6.07, 6.45) is 5.33. The standard InChI is InChI=1S/C20H30N4O5S/c1-20(2)16(19(27)28)24-17(26)15(18(24)30-20)21-10-23-11-5-6-12(23)8-13(7-11)29-14(25)9-22(3)4/h10-13,15-16,18H,5-9H2,1-4H3,(H,27,28)/t11?,12?,13?,15-,16+,18-/m1/s1. The highest BCUT2D eigenvalue weighted by Gasteiger charge is 2.64. The van der Waals surface area contributed by atoms with E-state index in [2.05, 4.69) is 9.89 Å². The zero-order chi connectivity index (χ0) is 21.8. The molecule has 5 atom stereocenters. The summed E-state index contributed by atoms with van der Waals surface area (Å²) < 4.78 is 5.11. The summed E-state index contributed by atoms with van der Waals surface area (Å²) in [4.78, 5) is 46.3. The van der Waals surface area contributed by atoms with Gasteiger partial charge in [-0.3, -0.25) is 19.5 Å². The highest BCUT2D eigenvalue weighted by atomic mass is 32.2. The third-order valence-corrected chi connectivity index (χ3v) is 8.05. The number of carboxylic acid groups (broad SMARTS) is 1. The number of hydrogen-bond donors (Lipinski definition) is 1. The molecule has 4 aliphatic heterocycles. The number of aliphatic carboxylic acids is 1. The summed E-state index contributed by atoms with van der Waals surface area (Å²) >= 11 is 1.51. The van der Waals surface area contributed by atoms with Crippen LogP contribution in [0.25, 0.3) is 0 Å².